The fraction of sp³-hybridized carbons (Fsp3) is 0.538. The van der Waals surface area contributed by atoms with Crippen molar-refractivity contribution in [1.82, 2.24) is 4.90 Å². The van der Waals surface area contributed by atoms with E-state index in [1.807, 2.05) is 26.2 Å². The van der Waals surface area contributed by atoms with Crippen LogP contribution in [-0.2, 0) is 12.2 Å². The van der Waals surface area contributed by atoms with E-state index < -0.39 is 0 Å². The first kappa shape index (κ1) is 15.6. The lowest BCUT2D eigenvalue weighted by Gasteiger charge is -2.06. The molecule has 5 nitrogen and oxygen atoms in total. The van der Waals surface area contributed by atoms with Crippen LogP contribution in [0.4, 0.5) is 0 Å². The quantitative estimate of drug-likeness (QED) is 0.340. The lowest BCUT2D eigenvalue weighted by molar-refractivity contribution is 0.385. The number of rotatable bonds is 8. The number of nitrogens with two attached hydrogens (primary N) is 1. The molecule has 0 aromatic carbocycles. The van der Waals surface area contributed by atoms with Gasteiger partial charge in [-0.1, -0.05) is 0 Å². The van der Waals surface area contributed by atoms with Crippen molar-refractivity contribution in [3.8, 4) is 6.19 Å². The molecule has 0 saturated carbocycles. The monoisotopic (exact) mass is 280 g/mol. The SMILES string of the molecule is CN(C)CCc1ccc(CSCCC(N)=NC#N)o1. The second-order valence-electron chi connectivity index (χ2n) is 4.43. The summed E-state index contributed by atoms with van der Waals surface area (Å²) in [5, 5.41) is 8.32. The van der Waals surface area contributed by atoms with Gasteiger partial charge in [-0.05, 0) is 26.2 Å². The van der Waals surface area contributed by atoms with Crippen LogP contribution in [0.3, 0.4) is 0 Å². The molecule has 0 bridgehead atoms. The highest BCUT2D eigenvalue weighted by atomic mass is 32.2. The van der Waals surface area contributed by atoms with Crippen molar-refractivity contribution in [3.05, 3.63) is 23.7 Å². The van der Waals surface area contributed by atoms with E-state index in [4.69, 9.17) is 15.4 Å². The molecular weight excluding hydrogens is 260 g/mol. The van der Waals surface area contributed by atoms with Crippen LogP contribution in [0.15, 0.2) is 21.5 Å². The Hall–Kier alpha value is -1.45. The van der Waals surface area contributed by atoms with E-state index in [9.17, 15) is 0 Å². The Balaban J connectivity index is 2.23. The van der Waals surface area contributed by atoms with Gasteiger partial charge in [0.05, 0.1) is 5.75 Å². The van der Waals surface area contributed by atoms with E-state index >= 15 is 0 Å². The topological polar surface area (TPSA) is 78.5 Å². The van der Waals surface area contributed by atoms with Crippen molar-refractivity contribution in [1.29, 1.82) is 5.26 Å². The van der Waals surface area contributed by atoms with E-state index in [1.165, 1.54) is 0 Å². The smallest absolute Gasteiger partial charge is 0.207 e. The molecule has 0 amide bonds. The van der Waals surface area contributed by atoms with Gasteiger partial charge in [0, 0.05) is 25.1 Å². The summed E-state index contributed by atoms with van der Waals surface area (Å²) in [6.07, 6.45) is 3.25. The fourth-order valence-electron chi connectivity index (χ4n) is 1.44. The molecule has 0 atom stereocenters. The van der Waals surface area contributed by atoms with Gasteiger partial charge in [-0.3, -0.25) is 0 Å². The summed E-state index contributed by atoms with van der Waals surface area (Å²) in [7, 11) is 4.10. The van der Waals surface area contributed by atoms with Crippen LogP contribution < -0.4 is 5.73 Å². The van der Waals surface area contributed by atoms with Gasteiger partial charge >= 0.3 is 0 Å². The van der Waals surface area contributed by atoms with Gasteiger partial charge in [-0.15, -0.1) is 0 Å². The number of hydrogen-bond acceptors (Lipinski definition) is 5. The van der Waals surface area contributed by atoms with Crippen LogP contribution in [0, 0.1) is 11.5 Å². The van der Waals surface area contributed by atoms with Crippen LogP contribution in [-0.4, -0.2) is 37.1 Å². The summed E-state index contributed by atoms with van der Waals surface area (Å²) in [4.78, 5) is 5.61. The van der Waals surface area contributed by atoms with E-state index in [2.05, 4.69) is 9.89 Å². The second kappa shape index (κ2) is 8.62. The molecule has 19 heavy (non-hydrogen) atoms. The Morgan fingerprint density at radius 1 is 1.47 bits per heavy atom. The average Bonchev–Trinajstić information content (AvgIpc) is 2.80. The van der Waals surface area contributed by atoms with Crippen LogP contribution in [0.5, 0.6) is 0 Å². The lowest BCUT2D eigenvalue weighted by atomic mass is 10.3. The molecule has 0 radical (unpaired) electrons. The average molecular weight is 280 g/mol. The maximum atomic E-state index is 8.32. The summed E-state index contributed by atoms with van der Waals surface area (Å²) in [5.74, 6) is 4.05. The van der Waals surface area contributed by atoms with Gasteiger partial charge in [0.25, 0.3) is 0 Å². The molecular formula is C13H20N4OS. The van der Waals surface area contributed by atoms with Gasteiger partial charge in [0.2, 0.25) is 6.19 Å². The summed E-state index contributed by atoms with van der Waals surface area (Å²) in [6, 6.07) is 4.05. The molecule has 0 aliphatic rings. The molecule has 0 unspecified atom stereocenters. The summed E-state index contributed by atoms with van der Waals surface area (Å²) < 4.78 is 5.73. The van der Waals surface area contributed by atoms with Gasteiger partial charge in [0.1, 0.15) is 17.4 Å². The molecule has 1 aromatic heterocycles. The normalized spacial score (nSPS) is 11.8. The largest absolute Gasteiger partial charge is 0.465 e. The highest BCUT2D eigenvalue weighted by Crippen LogP contribution is 2.16. The Bertz CT molecular complexity index is 448. The van der Waals surface area contributed by atoms with Crippen LogP contribution in [0.25, 0.3) is 0 Å². The van der Waals surface area contributed by atoms with Crippen LogP contribution in [0.2, 0.25) is 0 Å². The van der Waals surface area contributed by atoms with Gasteiger partial charge in [0.15, 0.2) is 0 Å². The summed E-state index contributed by atoms with van der Waals surface area (Å²) >= 11 is 1.72. The van der Waals surface area contributed by atoms with E-state index in [0.717, 1.165) is 36.0 Å². The first-order valence-corrected chi connectivity index (χ1v) is 7.28. The molecule has 1 heterocycles. The predicted octanol–water partition coefficient (Wildman–Crippen LogP) is 1.85. The van der Waals surface area contributed by atoms with Crippen molar-refractivity contribution < 1.29 is 4.42 Å². The maximum Gasteiger partial charge on any atom is 0.207 e. The van der Waals surface area contributed by atoms with Crippen molar-refractivity contribution in [2.45, 2.75) is 18.6 Å². The molecule has 0 aliphatic carbocycles. The number of furan rings is 1. The van der Waals surface area contributed by atoms with E-state index in [-0.39, 0.29) is 0 Å². The zero-order valence-corrected chi connectivity index (χ0v) is 12.2. The first-order chi connectivity index (χ1) is 9.11. The summed E-state index contributed by atoms with van der Waals surface area (Å²) in [6.45, 7) is 0.987. The minimum Gasteiger partial charge on any atom is -0.465 e. The van der Waals surface area contributed by atoms with Crippen molar-refractivity contribution >= 4 is 17.6 Å². The zero-order valence-electron chi connectivity index (χ0n) is 11.4. The first-order valence-electron chi connectivity index (χ1n) is 6.13. The number of thioether (sulfide) groups is 1. The molecule has 0 saturated heterocycles. The predicted molar refractivity (Wildman–Crippen MR) is 79.0 cm³/mol. The standard InChI is InChI=1S/C13H20N4OS/c1-17(2)7-5-11-3-4-12(18-11)9-19-8-6-13(15)16-10-14/h3-4H,5-9H2,1-2H3,(H2,15,16). The Labute approximate surface area is 118 Å². The minimum absolute atomic E-state index is 0.390. The number of hydrogen-bond donors (Lipinski definition) is 1. The van der Waals surface area contributed by atoms with Gasteiger partial charge in [-0.2, -0.15) is 22.0 Å². The second-order valence-corrected chi connectivity index (χ2v) is 5.53. The van der Waals surface area contributed by atoms with Crippen LogP contribution >= 0.6 is 11.8 Å². The van der Waals surface area contributed by atoms with Crippen molar-refractivity contribution in [2.24, 2.45) is 10.7 Å². The molecule has 1 aromatic rings. The van der Waals surface area contributed by atoms with E-state index in [1.54, 1.807) is 18.0 Å². The molecule has 104 valence electrons. The number of nitriles is 1. The molecule has 0 fully saturated rings. The number of likely N-dealkylation sites (N-methyl/N-ethyl adjacent to an activating group) is 1. The zero-order chi connectivity index (χ0) is 14.1. The molecule has 1 rings (SSSR count). The summed E-state index contributed by atoms with van der Waals surface area (Å²) in [5.41, 5.74) is 5.52. The van der Waals surface area contributed by atoms with Crippen LogP contribution in [0.1, 0.15) is 17.9 Å². The maximum absolute atomic E-state index is 8.32. The third kappa shape index (κ3) is 6.89. The highest BCUT2D eigenvalue weighted by Gasteiger charge is 2.03. The minimum atomic E-state index is 0.390. The van der Waals surface area contributed by atoms with E-state index in [0.29, 0.717) is 12.3 Å². The Morgan fingerprint density at radius 3 is 2.89 bits per heavy atom. The third-order valence-corrected chi connectivity index (χ3v) is 3.44. The molecule has 2 N–H and O–H groups in total. The lowest BCUT2D eigenvalue weighted by Crippen LogP contribution is -2.14. The number of amidine groups is 1. The third-order valence-electron chi connectivity index (χ3n) is 2.46. The molecule has 0 aliphatic heterocycles. The Kier molecular flexibility index (Phi) is 7.08. The fourth-order valence-corrected chi connectivity index (χ4v) is 2.29. The van der Waals surface area contributed by atoms with Crippen molar-refractivity contribution in [2.75, 3.05) is 26.4 Å². The van der Waals surface area contributed by atoms with Gasteiger partial charge in [-0.25, -0.2) is 0 Å². The van der Waals surface area contributed by atoms with Crippen molar-refractivity contribution in [3.63, 3.8) is 0 Å². The number of nitrogens with zero attached hydrogens (tertiary/aromatic N) is 3. The number of aliphatic imine (C=N–C) groups is 1. The Morgan fingerprint density at radius 2 is 2.21 bits per heavy atom. The molecule has 6 heteroatoms. The molecule has 0 spiro atoms. The highest BCUT2D eigenvalue weighted by molar-refractivity contribution is 7.98. The van der Waals surface area contributed by atoms with Gasteiger partial charge < -0.3 is 15.1 Å².